The Bertz CT molecular complexity index is 682. The van der Waals surface area contributed by atoms with E-state index in [-0.39, 0.29) is 17.1 Å². The fraction of sp³-hybridized carbons (Fsp3) is 0.529. The first kappa shape index (κ1) is 22.2. The van der Waals surface area contributed by atoms with Crippen molar-refractivity contribution in [3.63, 3.8) is 0 Å². The van der Waals surface area contributed by atoms with Gasteiger partial charge in [0.25, 0.3) is 0 Å². The number of carboxylic acid groups (broad SMARTS) is 1. The average molecular weight is 395 g/mol. The quantitative estimate of drug-likeness (QED) is 0.655. The van der Waals surface area contributed by atoms with Gasteiger partial charge in [0.1, 0.15) is 0 Å². The molecule has 1 aromatic rings. The maximum atomic E-state index is 12.7. The summed E-state index contributed by atoms with van der Waals surface area (Å²) in [6.45, 7) is 4.15. The first-order chi connectivity index (χ1) is 11.8. The van der Waals surface area contributed by atoms with Crippen LogP contribution in [0.2, 0.25) is 5.02 Å². The number of amides is 1. The second-order valence-electron chi connectivity index (χ2n) is 6.56. The number of aliphatic carboxylic acids is 1. The maximum absolute atomic E-state index is 12.7. The number of hydrogen-bond donors (Lipinski definition) is 3. The third kappa shape index (κ3) is 5.35. The van der Waals surface area contributed by atoms with E-state index in [9.17, 15) is 27.9 Å². The number of nitrogens with one attached hydrogen (secondary N) is 1. The number of carbonyl (C=O) groups is 2. The van der Waals surface area contributed by atoms with Gasteiger partial charge in [0, 0.05) is 0 Å². The first-order valence-electron chi connectivity index (χ1n) is 7.96. The summed E-state index contributed by atoms with van der Waals surface area (Å²) in [5.41, 5.74) is 5.04. The van der Waals surface area contributed by atoms with Gasteiger partial charge in [-0.3, -0.25) is 9.59 Å². The van der Waals surface area contributed by atoms with E-state index in [0.29, 0.717) is 12.0 Å². The van der Waals surface area contributed by atoms with Gasteiger partial charge in [0.15, 0.2) is 0 Å². The van der Waals surface area contributed by atoms with E-state index in [0.717, 1.165) is 6.92 Å². The molecule has 4 N–H and O–H groups in total. The number of rotatable bonds is 7. The third-order valence-corrected chi connectivity index (χ3v) is 4.87. The monoisotopic (exact) mass is 394 g/mol. The minimum Gasteiger partial charge on any atom is -0.481 e. The van der Waals surface area contributed by atoms with Gasteiger partial charge < -0.3 is 16.2 Å². The second kappa shape index (κ2) is 8.26. The van der Waals surface area contributed by atoms with Crippen molar-refractivity contribution in [1.29, 1.82) is 0 Å². The molecule has 0 spiro atoms. The van der Waals surface area contributed by atoms with Crippen LogP contribution in [0.5, 0.6) is 0 Å². The summed E-state index contributed by atoms with van der Waals surface area (Å²) in [5.74, 6) is -4.02. The van der Waals surface area contributed by atoms with Crippen LogP contribution in [0.3, 0.4) is 0 Å². The molecule has 1 amide bonds. The number of carboxylic acids is 1. The maximum Gasteiger partial charge on any atom is 0.393 e. The first-order valence-corrected chi connectivity index (χ1v) is 8.34. The van der Waals surface area contributed by atoms with Crippen molar-refractivity contribution in [2.24, 2.45) is 17.1 Å². The summed E-state index contributed by atoms with van der Waals surface area (Å²) in [6.07, 6.45) is -4.06. The summed E-state index contributed by atoms with van der Waals surface area (Å²) in [5, 5.41) is 11.8. The molecule has 0 saturated carbocycles. The highest BCUT2D eigenvalue weighted by atomic mass is 35.5. The third-order valence-electron chi connectivity index (χ3n) is 4.54. The minimum absolute atomic E-state index is 0.0860. The second-order valence-corrected chi connectivity index (χ2v) is 6.96. The van der Waals surface area contributed by atoms with E-state index in [1.165, 1.54) is 12.1 Å². The fourth-order valence-corrected chi connectivity index (χ4v) is 2.39. The Morgan fingerprint density at radius 3 is 2.38 bits per heavy atom. The number of alkyl halides is 3. The van der Waals surface area contributed by atoms with E-state index in [2.05, 4.69) is 5.32 Å². The smallest absolute Gasteiger partial charge is 0.393 e. The largest absolute Gasteiger partial charge is 0.481 e. The molecule has 1 aromatic carbocycles. The highest BCUT2D eigenvalue weighted by Gasteiger charge is 2.42. The molecular weight excluding hydrogens is 373 g/mol. The Hall–Kier alpha value is -1.80. The van der Waals surface area contributed by atoms with Crippen LogP contribution >= 0.6 is 11.6 Å². The molecule has 0 aliphatic rings. The zero-order chi connectivity index (χ0) is 20.3. The molecule has 146 valence electrons. The number of benzene rings is 1. The zero-order valence-corrected chi connectivity index (χ0v) is 15.4. The molecule has 0 aromatic heterocycles. The van der Waals surface area contributed by atoms with Crippen LogP contribution in [-0.2, 0) is 16.0 Å². The molecule has 0 aliphatic carbocycles. The molecule has 26 heavy (non-hydrogen) atoms. The van der Waals surface area contributed by atoms with Gasteiger partial charge >= 0.3 is 12.1 Å². The van der Waals surface area contributed by atoms with Gasteiger partial charge in [0.2, 0.25) is 5.91 Å². The molecule has 0 radical (unpaired) electrons. The summed E-state index contributed by atoms with van der Waals surface area (Å²) < 4.78 is 38.1. The molecule has 0 heterocycles. The molecule has 1 rings (SSSR count). The normalized spacial score (nSPS) is 16.5. The Balaban J connectivity index is 3.01. The van der Waals surface area contributed by atoms with Gasteiger partial charge in [-0.15, -0.1) is 0 Å². The lowest BCUT2D eigenvalue weighted by molar-refractivity contribution is -0.176. The van der Waals surface area contributed by atoms with Gasteiger partial charge in [0.05, 0.1) is 28.1 Å². The van der Waals surface area contributed by atoms with Crippen LogP contribution in [0.1, 0.15) is 32.8 Å². The van der Waals surface area contributed by atoms with Crippen LogP contribution in [0.4, 0.5) is 18.9 Å². The van der Waals surface area contributed by atoms with Crippen LogP contribution < -0.4 is 11.1 Å². The molecule has 0 bridgehead atoms. The standard InChI is InChI=1S/C17H22ClF3N2O3/c1-4-16(3,15(25)26)8-10-5-6-11(18)12(7-10)23-14(24)13(22)9(2)17(19,20)21/h5-7,9,13H,4,8,22H2,1-3H3,(H,23,24)(H,25,26)/t9-,13-,16-/m1/s1. The van der Waals surface area contributed by atoms with Gasteiger partial charge in [-0.2, -0.15) is 13.2 Å². The van der Waals surface area contributed by atoms with Gasteiger partial charge in [-0.05, 0) is 37.5 Å². The summed E-state index contributed by atoms with van der Waals surface area (Å²) in [6, 6.07) is 2.70. The number of halogens is 4. The SMILES string of the molecule is CC[C@](C)(Cc1ccc(Cl)c(NC(=O)[C@H](N)[C@@H](C)C(F)(F)F)c1)C(=O)O. The molecule has 0 saturated heterocycles. The highest BCUT2D eigenvalue weighted by Crippen LogP contribution is 2.32. The molecule has 0 fully saturated rings. The van der Waals surface area contributed by atoms with Crippen molar-refractivity contribution in [2.75, 3.05) is 5.32 Å². The highest BCUT2D eigenvalue weighted by molar-refractivity contribution is 6.33. The molecule has 9 heteroatoms. The van der Waals surface area contributed by atoms with E-state index in [1.807, 2.05) is 0 Å². The van der Waals surface area contributed by atoms with E-state index in [4.69, 9.17) is 17.3 Å². The summed E-state index contributed by atoms with van der Waals surface area (Å²) in [7, 11) is 0. The predicted octanol–water partition coefficient (Wildman–Crippen LogP) is 3.85. The van der Waals surface area contributed by atoms with Crippen molar-refractivity contribution in [2.45, 2.75) is 45.8 Å². The number of anilines is 1. The lowest BCUT2D eigenvalue weighted by Crippen LogP contribution is -2.46. The van der Waals surface area contributed by atoms with Crippen LogP contribution in [0, 0.1) is 11.3 Å². The van der Waals surface area contributed by atoms with Crippen LogP contribution in [0.15, 0.2) is 18.2 Å². The van der Waals surface area contributed by atoms with Crippen molar-refractivity contribution >= 4 is 29.2 Å². The average Bonchev–Trinajstić information content (AvgIpc) is 2.55. The molecule has 0 aliphatic heterocycles. The Morgan fingerprint density at radius 1 is 1.35 bits per heavy atom. The van der Waals surface area contributed by atoms with Crippen molar-refractivity contribution in [3.05, 3.63) is 28.8 Å². The van der Waals surface area contributed by atoms with Crippen molar-refractivity contribution in [3.8, 4) is 0 Å². The number of hydrogen-bond acceptors (Lipinski definition) is 3. The van der Waals surface area contributed by atoms with E-state index in [1.54, 1.807) is 19.9 Å². The Morgan fingerprint density at radius 2 is 1.92 bits per heavy atom. The summed E-state index contributed by atoms with van der Waals surface area (Å²) >= 11 is 5.99. The minimum atomic E-state index is -4.60. The van der Waals surface area contributed by atoms with E-state index >= 15 is 0 Å². The summed E-state index contributed by atoms with van der Waals surface area (Å²) in [4.78, 5) is 23.5. The lowest BCUT2D eigenvalue weighted by atomic mass is 9.81. The molecule has 3 atom stereocenters. The molecular formula is C17H22ClF3N2O3. The number of carbonyl (C=O) groups excluding carboxylic acids is 1. The Kier molecular flexibility index (Phi) is 7.07. The van der Waals surface area contributed by atoms with E-state index < -0.39 is 35.4 Å². The van der Waals surface area contributed by atoms with Gasteiger partial charge in [-0.25, -0.2) is 0 Å². The topological polar surface area (TPSA) is 92.4 Å². The fourth-order valence-electron chi connectivity index (χ4n) is 2.23. The van der Waals surface area contributed by atoms with Crippen molar-refractivity contribution < 1.29 is 27.9 Å². The van der Waals surface area contributed by atoms with Crippen LogP contribution in [-0.4, -0.2) is 29.2 Å². The van der Waals surface area contributed by atoms with Crippen molar-refractivity contribution in [1.82, 2.24) is 0 Å². The molecule has 0 unspecified atom stereocenters. The zero-order valence-electron chi connectivity index (χ0n) is 14.7. The molecule has 5 nitrogen and oxygen atoms in total. The Labute approximate surface area is 154 Å². The van der Waals surface area contributed by atoms with Crippen LogP contribution in [0.25, 0.3) is 0 Å². The number of nitrogens with two attached hydrogens (primary N) is 1. The lowest BCUT2D eigenvalue weighted by Gasteiger charge is -2.24. The predicted molar refractivity (Wildman–Crippen MR) is 93.0 cm³/mol. The van der Waals surface area contributed by atoms with Gasteiger partial charge in [-0.1, -0.05) is 31.5 Å².